The van der Waals surface area contributed by atoms with Crippen LogP contribution >= 0.6 is 0 Å². The van der Waals surface area contributed by atoms with Crippen molar-refractivity contribution in [1.29, 1.82) is 0 Å². The molecular weight excluding hydrogens is 275 g/mol. The molecule has 0 aliphatic rings. The lowest BCUT2D eigenvalue weighted by Gasteiger charge is -2.20. The van der Waals surface area contributed by atoms with Gasteiger partial charge < -0.3 is 10.0 Å². The van der Waals surface area contributed by atoms with Crippen molar-refractivity contribution in [2.75, 3.05) is 18.1 Å². The van der Waals surface area contributed by atoms with E-state index in [2.05, 4.69) is 10.3 Å². The smallest absolute Gasteiger partial charge is 0.248 e. The van der Waals surface area contributed by atoms with Gasteiger partial charge in [0.15, 0.2) is 0 Å². The van der Waals surface area contributed by atoms with Gasteiger partial charge in [-0.25, -0.2) is 9.07 Å². The average Bonchev–Trinajstić information content (AvgIpc) is 2.89. The third-order valence-corrected chi connectivity index (χ3v) is 3.01. The summed E-state index contributed by atoms with van der Waals surface area (Å²) < 4.78 is 14.4. The van der Waals surface area contributed by atoms with Crippen LogP contribution in [-0.4, -0.2) is 39.2 Å². The second-order valence-corrected chi connectivity index (χ2v) is 4.50. The van der Waals surface area contributed by atoms with Crippen LogP contribution in [0.4, 0.5) is 10.1 Å². The van der Waals surface area contributed by atoms with E-state index >= 15 is 0 Å². The Balaban J connectivity index is 2.07. The second kappa shape index (κ2) is 6.94. The molecule has 1 aromatic heterocycles. The molecule has 112 valence electrons. The zero-order valence-electron chi connectivity index (χ0n) is 11.7. The van der Waals surface area contributed by atoms with Crippen LogP contribution in [0, 0.1) is 5.82 Å². The Hall–Kier alpha value is -2.28. The Morgan fingerprint density at radius 2 is 2.10 bits per heavy atom. The standard InChI is InChI=1S/C14H17FN4O2/c1-2-19(13-5-3-11(15)4-6-13)14(21)10-18-9-12(7-8-20)16-17-18/h3-6,9,20H,2,7-8,10H2,1H3. The number of rotatable bonds is 6. The number of halogens is 1. The zero-order valence-corrected chi connectivity index (χ0v) is 11.7. The minimum Gasteiger partial charge on any atom is -0.396 e. The van der Waals surface area contributed by atoms with Crippen molar-refractivity contribution in [2.45, 2.75) is 19.9 Å². The summed E-state index contributed by atoms with van der Waals surface area (Å²) in [4.78, 5) is 13.8. The normalized spacial score (nSPS) is 10.6. The van der Waals surface area contributed by atoms with Crippen LogP contribution in [0.2, 0.25) is 0 Å². The van der Waals surface area contributed by atoms with Gasteiger partial charge in [0.2, 0.25) is 5.91 Å². The predicted octanol–water partition coefficient (Wildman–Crippen LogP) is 1.01. The summed E-state index contributed by atoms with van der Waals surface area (Å²) in [6.07, 6.45) is 2.04. The molecule has 0 unspecified atom stereocenters. The van der Waals surface area contributed by atoms with Crippen LogP contribution in [0.25, 0.3) is 0 Å². The highest BCUT2D eigenvalue weighted by atomic mass is 19.1. The highest BCUT2D eigenvalue weighted by molar-refractivity contribution is 5.93. The first kappa shape index (κ1) is 15.1. The minimum absolute atomic E-state index is 0.0106. The SMILES string of the molecule is CCN(C(=O)Cn1cc(CCO)nn1)c1ccc(F)cc1. The van der Waals surface area contributed by atoms with E-state index in [-0.39, 0.29) is 24.9 Å². The summed E-state index contributed by atoms with van der Waals surface area (Å²) >= 11 is 0. The quantitative estimate of drug-likeness (QED) is 0.862. The summed E-state index contributed by atoms with van der Waals surface area (Å²) in [5, 5.41) is 16.5. The highest BCUT2D eigenvalue weighted by Gasteiger charge is 2.15. The topological polar surface area (TPSA) is 71.2 Å². The number of aliphatic hydroxyl groups excluding tert-OH is 1. The van der Waals surface area contributed by atoms with E-state index < -0.39 is 0 Å². The number of nitrogens with zero attached hydrogens (tertiary/aromatic N) is 4. The van der Waals surface area contributed by atoms with Gasteiger partial charge >= 0.3 is 0 Å². The van der Waals surface area contributed by atoms with E-state index in [4.69, 9.17) is 5.11 Å². The predicted molar refractivity (Wildman–Crippen MR) is 75.2 cm³/mol. The Labute approximate surface area is 121 Å². The van der Waals surface area contributed by atoms with Crippen LogP contribution in [0.1, 0.15) is 12.6 Å². The molecule has 6 nitrogen and oxygen atoms in total. The molecule has 2 aromatic rings. The van der Waals surface area contributed by atoms with Crippen LogP contribution in [-0.2, 0) is 17.8 Å². The number of hydrogen-bond donors (Lipinski definition) is 1. The lowest BCUT2D eigenvalue weighted by Crippen LogP contribution is -2.33. The second-order valence-electron chi connectivity index (χ2n) is 4.50. The Kier molecular flexibility index (Phi) is 4.99. The van der Waals surface area contributed by atoms with Crippen molar-refractivity contribution in [1.82, 2.24) is 15.0 Å². The number of amides is 1. The highest BCUT2D eigenvalue weighted by Crippen LogP contribution is 2.15. The molecule has 1 aromatic carbocycles. The number of aromatic nitrogens is 3. The molecule has 0 saturated heterocycles. The number of hydrogen-bond acceptors (Lipinski definition) is 4. The maximum Gasteiger partial charge on any atom is 0.248 e. The van der Waals surface area contributed by atoms with Crippen LogP contribution in [0.5, 0.6) is 0 Å². The first-order chi connectivity index (χ1) is 10.1. The molecule has 0 atom stereocenters. The fourth-order valence-corrected chi connectivity index (χ4v) is 1.99. The van der Waals surface area contributed by atoms with Crippen LogP contribution < -0.4 is 4.90 Å². The van der Waals surface area contributed by atoms with E-state index in [1.807, 2.05) is 6.92 Å². The third-order valence-electron chi connectivity index (χ3n) is 3.01. The van der Waals surface area contributed by atoms with Gasteiger partial charge in [0, 0.05) is 31.5 Å². The molecule has 0 aliphatic carbocycles. The number of carbonyl (C=O) groups is 1. The summed E-state index contributed by atoms with van der Waals surface area (Å²) in [7, 11) is 0. The molecule has 0 spiro atoms. The molecule has 0 fully saturated rings. The molecule has 1 heterocycles. The molecule has 0 saturated carbocycles. The van der Waals surface area contributed by atoms with Gasteiger partial charge in [0.05, 0.1) is 5.69 Å². The Morgan fingerprint density at radius 1 is 1.38 bits per heavy atom. The molecule has 2 rings (SSSR count). The van der Waals surface area contributed by atoms with Crippen molar-refractivity contribution in [3.8, 4) is 0 Å². The molecule has 0 aliphatic heterocycles. The maximum atomic E-state index is 12.9. The molecule has 1 amide bonds. The van der Waals surface area contributed by atoms with E-state index in [1.54, 1.807) is 23.2 Å². The van der Waals surface area contributed by atoms with Gasteiger partial charge in [-0.05, 0) is 31.2 Å². The molecule has 21 heavy (non-hydrogen) atoms. The number of likely N-dealkylation sites (N-methyl/N-ethyl adjacent to an activating group) is 1. The van der Waals surface area contributed by atoms with Gasteiger partial charge in [-0.2, -0.15) is 0 Å². The monoisotopic (exact) mass is 292 g/mol. The molecule has 1 N–H and O–H groups in total. The summed E-state index contributed by atoms with van der Waals surface area (Å²) in [5.41, 5.74) is 1.27. The van der Waals surface area contributed by atoms with Crippen molar-refractivity contribution in [3.63, 3.8) is 0 Å². The molecular formula is C14H17FN4O2. The zero-order chi connectivity index (χ0) is 15.2. The van der Waals surface area contributed by atoms with E-state index in [0.717, 1.165) is 0 Å². The van der Waals surface area contributed by atoms with E-state index in [9.17, 15) is 9.18 Å². The third kappa shape index (κ3) is 3.85. The average molecular weight is 292 g/mol. The first-order valence-corrected chi connectivity index (χ1v) is 6.70. The minimum atomic E-state index is -0.341. The van der Waals surface area contributed by atoms with E-state index in [1.165, 1.54) is 16.8 Å². The van der Waals surface area contributed by atoms with Crippen molar-refractivity contribution < 1.29 is 14.3 Å². The summed E-state index contributed by atoms with van der Waals surface area (Å²) in [5.74, 6) is -0.503. The van der Waals surface area contributed by atoms with E-state index in [0.29, 0.717) is 24.3 Å². The van der Waals surface area contributed by atoms with Gasteiger partial charge in [-0.3, -0.25) is 4.79 Å². The lowest BCUT2D eigenvalue weighted by molar-refractivity contribution is -0.119. The van der Waals surface area contributed by atoms with Crippen LogP contribution in [0.3, 0.4) is 0 Å². The number of aliphatic hydroxyl groups is 1. The number of benzene rings is 1. The molecule has 0 radical (unpaired) electrons. The van der Waals surface area contributed by atoms with Crippen molar-refractivity contribution in [2.24, 2.45) is 0 Å². The van der Waals surface area contributed by atoms with Gasteiger partial charge in [0.25, 0.3) is 0 Å². The number of carbonyl (C=O) groups excluding carboxylic acids is 1. The van der Waals surface area contributed by atoms with Gasteiger partial charge in [-0.15, -0.1) is 5.10 Å². The van der Waals surface area contributed by atoms with Crippen LogP contribution in [0.15, 0.2) is 30.5 Å². The first-order valence-electron chi connectivity index (χ1n) is 6.70. The summed E-state index contributed by atoms with van der Waals surface area (Å²) in [6, 6.07) is 5.77. The maximum absolute atomic E-state index is 12.9. The Morgan fingerprint density at radius 3 is 2.71 bits per heavy atom. The van der Waals surface area contributed by atoms with Crippen molar-refractivity contribution in [3.05, 3.63) is 42.0 Å². The summed E-state index contributed by atoms with van der Waals surface area (Å²) in [6.45, 7) is 2.36. The molecule has 0 bridgehead atoms. The van der Waals surface area contributed by atoms with Crippen molar-refractivity contribution >= 4 is 11.6 Å². The fourth-order valence-electron chi connectivity index (χ4n) is 1.99. The Bertz CT molecular complexity index is 597. The van der Waals surface area contributed by atoms with Gasteiger partial charge in [0.1, 0.15) is 12.4 Å². The fraction of sp³-hybridized carbons (Fsp3) is 0.357. The van der Waals surface area contributed by atoms with Gasteiger partial charge in [-0.1, -0.05) is 5.21 Å². The lowest BCUT2D eigenvalue weighted by atomic mass is 10.2. The number of anilines is 1. The largest absolute Gasteiger partial charge is 0.396 e. The molecule has 7 heteroatoms.